The minimum Gasteiger partial charge on any atom is -0.388 e. The minimum atomic E-state index is -0.803. The average Bonchev–Trinajstić information content (AvgIpc) is 2.54. The number of carbonyl (C=O) groups excluding carboxylic acids is 1. The fourth-order valence-electron chi connectivity index (χ4n) is 2.83. The fourth-order valence-corrected chi connectivity index (χ4v) is 2.83. The van der Waals surface area contributed by atoms with Crippen molar-refractivity contribution in [1.29, 1.82) is 0 Å². The van der Waals surface area contributed by atoms with E-state index in [1.165, 1.54) is 12.1 Å². The number of hydrogen-bond donors (Lipinski definition) is 1. The molecule has 0 saturated heterocycles. The van der Waals surface area contributed by atoms with Crippen LogP contribution in [0.5, 0.6) is 0 Å². The molecule has 0 spiro atoms. The molecule has 114 valence electrons. The molecule has 1 atom stereocenters. The summed E-state index contributed by atoms with van der Waals surface area (Å²) in [5.41, 5.74) is 2.68. The number of aliphatic hydroxyl groups excluding tert-OH is 1. The number of halogens is 1. The van der Waals surface area contributed by atoms with Gasteiger partial charge in [0.2, 0.25) is 5.91 Å². The molecule has 3 nitrogen and oxygen atoms in total. The Hall–Kier alpha value is -2.20. The summed E-state index contributed by atoms with van der Waals surface area (Å²) in [5, 5.41) is 10.2. The van der Waals surface area contributed by atoms with Crippen LogP contribution in [-0.4, -0.2) is 22.5 Å². The summed E-state index contributed by atoms with van der Waals surface area (Å²) in [6, 6.07) is 13.9. The van der Waals surface area contributed by atoms with Gasteiger partial charge in [-0.1, -0.05) is 36.4 Å². The predicted molar refractivity (Wildman–Crippen MR) is 81.5 cm³/mol. The van der Waals surface area contributed by atoms with E-state index in [1.807, 2.05) is 18.2 Å². The molecule has 0 saturated carbocycles. The molecule has 0 fully saturated rings. The van der Waals surface area contributed by atoms with Crippen molar-refractivity contribution in [2.75, 3.05) is 6.54 Å². The van der Waals surface area contributed by atoms with Gasteiger partial charge < -0.3 is 10.0 Å². The Morgan fingerprint density at radius 3 is 2.73 bits per heavy atom. The van der Waals surface area contributed by atoms with Gasteiger partial charge in [-0.3, -0.25) is 4.79 Å². The number of carbonyl (C=O) groups is 1. The van der Waals surface area contributed by atoms with E-state index in [0.29, 0.717) is 13.1 Å². The normalized spacial score (nSPS) is 15.3. The summed E-state index contributed by atoms with van der Waals surface area (Å²) in [7, 11) is 0. The van der Waals surface area contributed by atoms with Gasteiger partial charge in [0.05, 0.1) is 12.5 Å². The van der Waals surface area contributed by atoms with E-state index in [2.05, 4.69) is 0 Å². The molecule has 1 aliphatic rings. The summed E-state index contributed by atoms with van der Waals surface area (Å²) in [6.45, 7) is 1.02. The van der Waals surface area contributed by atoms with E-state index < -0.39 is 6.10 Å². The van der Waals surface area contributed by atoms with Gasteiger partial charge in [0, 0.05) is 13.1 Å². The van der Waals surface area contributed by atoms with Crippen molar-refractivity contribution in [3.05, 3.63) is 71.0 Å². The second kappa shape index (κ2) is 6.28. The largest absolute Gasteiger partial charge is 0.388 e. The van der Waals surface area contributed by atoms with Gasteiger partial charge in [-0.25, -0.2) is 4.39 Å². The number of fused-ring (bicyclic) bond motifs is 1. The number of amides is 1. The van der Waals surface area contributed by atoms with Crippen LogP contribution in [-0.2, 0) is 17.8 Å². The van der Waals surface area contributed by atoms with E-state index in [-0.39, 0.29) is 18.1 Å². The van der Waals surface area contributed by atoms with Crippen LogP contribution in [0.25, 0.3) is 0 Å². The molecule has 0 bridgehead atoms. The summed E-state index contributed by atoms with van der Waals surface area (Å²) in [4.78, 5) is 14.0. The lowest BCUT2D eigenvalue weighted by molar-refractivity contribution is -0.134. The lowest BCUT2D eigenvalue weighted by Gasteiger charge is -2.29. The first-order chi connectivity index (χ1) is 10.6. The number of nitrogens with zero attached hydrogens (tertiary/aromatic N) is 1. The molecule has 2 aromatic carbocycles. The van der Waals surface area contributed by atoms with Crippen LogP contribution in [0.4, 0.5) is 4.39 Å². The van der Waals surface area contributed by atoms with Crippen LogP contribution in [0.15, 0.2) is 48.5 Å². The minimum absolute atomic E-state index is 0.0503. The van der Waals surface area contributed by atoms with Gasteiger partial charge in [0.15, 0.2) is 0 Å². The van der Waals surface area contributed by atoms with Crippen LogP contribution in [0.3, 0.4) is 0 Å². The second-order valence-corrected chi connectivity index (χ2v) is 5.61. The van der Waals surface area contributed by atoms with Crippen molar-refractivity contribution in [1.82, 2.24) is 4.90 Å². The molecule has 3 rings (SSSR count). The molecule has 0 radical (unpaired) electrons. The molecule has 1 unspecified atom stereocenters. The summed E-state index contributed by atoms with van der Waals surface area (Å²) >= 11 is 0. The van der Waals surface area contributed by atoms with Crippen LogP contribution >= 0.6 is 0 Å². The Morgan fingerprint density at radius 2 is 1.95 bits per heavy atom. The van der Waals surface area contributed by atoms with Crippen molar-refractivity contribution in [2.24, 2.45) is 0 Å². The van der Waals surface area contributed by atoms with Crippen molar-refractivity contribution in [2.45, 2.75) is 25.5 Å². The molecule has 2 aromatic rings. The quantitative estimate of drug-likeness (QED) is 0.947. The molecular formula is C18H18FNO2. The van der Waals surface area contributed by atoms with E-state index in [4.69, 9.17) is 0 Å². The zero-order chi connectivity index (χ0) is 15.5. The first kappa shape index (κ1) is 14.7. The highest BCUT2D eigenvalue weighted by Crippen LogP contribution is 2.23. The number of rotatable bonds is 3. The van der Waals surface area contributed by atoms with Crippen LogP contribution in [0.2, 0.25) is 0 Å². The SMILES string of the molecule is O=C(CC(O)c1ccccc1)N1CCc2ccc(F)cc2C1. The van der Waals surface area contributed by atoms with Gasteiger partial charge in [0.1, 0.15) is 5.82 Å². The highest BCUT2D eigenvalue weighted by atomic mass is 19.1. The fraction of sp³-hybridized carbons (Fsp3) is 0.278. The summed E-state index contributed by atoms with van der Waals surface area (Å²) < 4.78 is 13.3. The molecule has 4 heteroatoms. The summed E-state index contributed by atoms with van der Waals surface area (Å²) in [6.07, 6.45) is -0.0279. The predicted octanol–water partition coefficient (Wildman–Crippen LogP) is 2.83. The first-order valence-corrected chi connectivity index (χ1v) is 7.41. The standard InChI is InChI=1S/C18H18FNO2/c19-16-7-6-13-8-9-20(12-15(13)10-16)18(22)11-17(21)14-4-2-1-3-5-14/h1-7,10,17,21H,8-9,11-12H2. The monoisotopic (exact) mass is 299 g/mol. The van der Waals surface area contributed by atoms with Crippen LogP contribution < -0.4 is 0 Å². The molecule has 0 aromatic heterocycles. The Bertz CT molecular complexity index is 672. The second-order valence-electron chi connectivity index (χ2n) is 5.61. The van der Waals surface area contributed by atoms with E-state index in [0.717, 1.165) is 23.1 Å². The average molecular weight is 299 g/mol. The van der Waals surface area contributed by atoms with Crippen LogP contribution in [0, 0.1) is 5.82 Å². The maximum absolute atomic E-state index is 13.3. The Morgan fingerprint density at radius 1 is 1.18 bits per heavy atom. The van der Waals surface area contributed by atoms with Crippen molar-refractivity contribution in [3.63, 3.8) is 0 Å². The van der Waals surface area contributed by atoms with E-state index in [9.17, 15) is 14.3 Å². The van der Waals surface area contributed by atoms with Crippen molar-refractivity contribution < 1.29 is 14.3 Å². The van der Waals surface area contributed by atoms with Gasteiger partial charge >= 0.3 is 0 Å². The van der Waals surface area contributed by atoms with Gasteiger partial charge in [0.25, 0.3) is 0 Å². The first-order valence-electron chi connectivity index (χ1n) is 7.41. The molecule has 22 heavy (non-hydrogen) atoms. The maximum Gasteiger partial charge on any atom is 0.225 e. The molecule has 1 N–H and O–H groups in total. The van der Waals surface area contributed by atoms with Gasteiger partial charge in [-0.15, -0.1) is 0 Å². The zero-order valence-corrected chi connectivity index (χ0v) is 12.2. The van der Waals surface area contributed by atoms with Crippen LogP contribution in [0.1, 0.15) is 29.2 Å². The molecule has 1 amide bonds. The van der Waals surface area contributed by atoms with Gasteiger partial charge in [-0.05, 0) is 35.2 Å². The third-order valence-corrected chi connectivity index (χ3v) is 4.09. The van der Waals surface area contributed by atoms with Crippen molar-refractivity contribution in [3.8, 4) is 0 Å². The highest BCUT2D eigenvalue weighted by molar-refractivity contribution is 5.77. The Kier molecular flexibility index (Phi) is 4.20. The third kappa shape index (κ3) is 3.17. The number of benzene rings is 2. The van der Waals surface area contributed by atoms with E-state index >= 15 is 0 Å². The topological polar surface area (TPSA) is 40.5 Å². The zero-order valence-electron chi connectivity index (χ0n) is 12.2. The third-order valence-electron chi connectivity index (χ3n) is 4.09. The lowest BCUT2D eigenvalue weighted by atomic mass is 9.98. The van der Waals surface area contributed by atoms with E-state index in [1.54, 1.807) is 23.1 Å². The molecule has 0 aliphatic carbocycles. The number of hydrogen-bond acceptors (Lipinski definition) is 2. The maximum atomic E-state index is 13.3. The highest BCUT2D eigenvalue weighted by Gasteiger charge is 2.23. The Balaban J connectivity index is 1.66. The van der Waals surface area contributed by atoms with Gasteiger partial charge in [-0.2, -0.15) is 0 Å². The molecule has 1 heterocycles. The molecular weight excluding hydrogens is 281 g/mol. The van der Waals surface area contributed by atoms with Crippen molar-refractivity contribution >= 4 is 5.91 Å². The lowest BCUT2D eigenvalue weighted by Crippen LogP contribution is -2.36. The Labute approximate surface area is 129 Å². The number of aliphatic hydroxyl groups is 1. The molecule has 1 aliphatic heterocycles. The smallest absolute Gasteiger partial charge is 0.225 e. The summed E-state index contributed by atoms with van der Waals surface area (Å²) in [5.74, 6) is -0.386.